The predicted octanol–water partition coefficient (Wildman–Crippen LogP) is 2.62. The molecule has 5 heteroatoms. The third kappa shape index (κ3) is 2.24. The molecule has 1 heterocycles. The van der Waals surface area contributed by atoms with E-state index in [9.17, 15) is 9.59 Å². The van der Waals surface area contributed by atoms with Gasteiger partial charge in [0.15, 0.2) is 5.54 Å². The summed E-state index contributed by atoms with van der Waals surface area (Å²) >= 11 is 0. The fourth-order valence-electron chi connectivity index (χ4n) is 3.01. The topological polar surface area (TPSA) is 73.2 Å². The fourth-order valence-corrected chi connectivity index (χ4v) is 3.01. The first-order valence-electron chi connectivity index (χ1n) is 7.65. The number of carbonyl (C=O) groups excluding carboxylic acids is 2. The van der Waals surface area contributed by atoms with Gasteiger partial charge in [-0.3, -0.25) is 4.79 Å². The number of benzene rings is 2. The Morgan fingerprint density at radius 3 is 2.38 bits per heavy atom. The van der Waals surface area contributed by atoms with Gasteiger partial charge in [0.2, 0.25) is 0 Å². The minimum absolute atomic E-state index is 0.274. The molecule has 0 aromatic heterocycles. The second-order valence-corrected chi connectivity index (χ2v) is 5.89. The Morgan fingerprint density at radius 2 is 1.75 bits per heavy atom. The van der Waals surface area contributed by atoms with Gasteiger partial charge in [-0.25, -0.2) is 9.69 Å². The number of nitrogens with one attached hydrogen (secondary N) is 1. The van der Waals surface area contributed by atoms with Gasteiger partial charge < -0.3 is 5.32 Å². The van der Waals surface area contributed by atoms with E-state index >= 15 is 0 Å². The summed E-state index contributed by atoms with van der Waals surface area (Å²) in [6.07, 6.45) is 0. The molecule has 0 aliphatic carbocycles. The van der Waals surface area contributed by atoms with E-state index in [1.807, 2.05) is 68.4 Å². The van der Waals surface area contributed by atoms with Crippen LogP contribution in [0.2, 0.25) is 0 Å². The summed E-state index contributed by atoms with van der Waals surface area (Å²) in [4.78, 5) is 26.4. The number of imide groups is 1. The molecule has 3 amide bonds. The molecule has 1 N–H and O–H groups in total. The first-order chi connectivity index (χ1) is 11.5. The van der Waals surface area contributed by atoms with Crippen molar-refractivity contribution < 1.29 is 9.59 Å². The smallest absolute Gasteiger partial charge is 0.315 e. The molecule has 0 saturated carbocycles. The van der Waals surface area contributed by atoms with Crippen LogP contribution in [0.1, 0.15) is 22.3 Å². The molecular weight excluding hydrogens is 302 g/mol. The van der Waals surface area contributed by atoms with Crippen LogP contribution in [0.25, 0.3) is 0 Å². The summed E-state index contributed by atoms with van der Waals surface area (Å²) in [5, 5.41) is 11.7. The average Bonchev–Trinajstić information content (AvgIpc) is 2.84. The van der Waals surface area contributed by atoms with Crippen LogP contribution < -0.4 is 5.32 Å². The molecule has 2 aromatic carbocycles. The highest BCUT2D eigenvalue weighted by atomic mass is 16.2. The van der Waals surface area contributed by atoms with Gasteiger partial charge in [-0.2, -0.15) is 5.26 Å². The molecular formula is C19H17N3O2. The Balaban J connectivity index is 2.24. The number of hydrogen-bond acceptors (Lipinski definition) is 3. The zero-order chi connectivity index (χ0) is 17.3. The highest BCUT2D eigenvalue weighted by Gasteiger charge is 2.53. The lowest BCUT2D eigenvalue weighted by molar-refractivity contribution is -0.129. The maximum Gasteiger partial charge on any atom is 0.326 e. The van der Waals surface area contributed by atoms with E-state index in [1.54, 1.807) is 0 Å². The molecule has 120 valence electrons. The SMILES string of the molecule is Cc1ccc([C@@]2(c3ccccc3)NC(=O)N(CC#N)C2=O)cc1C. The molecule has 0 bridgehead atoms. The second kappa shape index (κ2) is 5.82. The van der Waals surface area contributed by atoms with Crippen molar-refractivity contribution in [2.75, 3.05) is 6.54 Å². The lowest BCUT2D eigenvalue weighted by Gasteiger charge is -2.28. The summed E-state index contributed by atoms with van der Waals surface area (Å²) in [6.45, 7) is 3.68. The highest BCUT2D eigenvalue weighted by molar-refractivity contribution is 6.09. The molecule has 24 heavy (non-hydrogen) atoms. The van der Waals surface area contributed by atoms with Gasteiger partial charge in [-0.05, 0) is 36.1 Å². The van der Waals surface area contributed by atoms with Crippen molar-refractivity contribution in [3.05, 3.63) is 70.8 Å². The van der Waals surface area contributed by atoms with Crippen molar-refractivity contribution in [2.24, 2.45) is 0 Å². The number of urea groups is 1. The van der Waals surface area contributed by atoms with Crippen LogP contribution in [-0.2, 0) is 10.3 Å². The number of nitrogens with zero attached hydrogens (tertiary/aromatic N) is 2. The van der Waals surface area contributed by atoms with Gasteiger partial charge in [0.1, 0.15) is 6.54 Å². The molecule has 5 nitrogen and oxygen atoms in total. The molecule has 3 rings (SSSR count). The van der Waals surface area contributed by atoms with Gasteiger partial charge in [0.25, 0.3) is 5.91 Å². The van der Waals surface area contributed by atoms with Crippen molar-refractivity contribution in [1.82, 2.24) is 10.2 Å². The number of nitriles is 1. The lowest BCUT2D eigenvalue weighted by atomic mass is 9.81. The lowest BCUT2D eigenvalue weighted by Crippen LogP contribution is -2.45. The van der Waals surface area contributed by atoms with Crippen molar-refractivity contribution in [2.45, 2.75) is 19.4 Å². The van der Waals surface area contributed by atoms with E-state index < -0.39 is 17.5 Å². The Morgan fingerprint density at radius 1 is 1.04 bits per heavy atom. The van der Waals surface area contributed by atoms with E-state index in [4.69, 9.17) is 5.26 Å². The quantitative estimate of drug-likeness (QED) is 0.698. The Hall–Kier alpha value is -3.13. The standard InChI is InChI=1S/C19H17N3O2/c1-13-8-9-16(12-14(13)2)19(15-6-4-3-5-7-15)17(23)22(11-10-20)18(24)21-19/h3-9,12H,11H2,1-2H3,(H,21,24)/t19-/m1/s1. The van der Waals surface area contributed by atoms with Crippen LogP contribution in [0.4, 0.5) is 4.79 Å². The third-order valence-electron chi connectivity index (χ3n) is 4.48. The molecule has 1 aliphatic heterocycles. The molecule has 2 aromatic rings. The number of amides is 3. The van der Waals surface area contributed by atoms with Gasteiger partial charge in [-0.1, -0.05) is 48.5 Å². The average molecular weight is 319 g/mol. The number of aryl methyl sites for hydroxylation is 2. The monoisotopic (exact) mass is 319 g/mol. The summed E-state index contributed by atoms with van der Waals surface area (Å²) in [6, 6.07) is 16.1. The molecule has 1 aliphatic rings. The van der Waals surface area contributed by atoms with Gasteiger partial charge in [0.05, 0.1) is 6.07 Å². The van der Waals surface area contributed by atoms with Crippen LogP contribution in [-0.4, -0.2) is 23.4 Å². The molecule has 0 spiro atoms. The summed E-state index contributed by atoms with van der Waals surface area (Å²) in [7, 11) is 0. The fraction of sp³-hybridized carbons (Fsp3) is 0.211. The zero-order valence-electron chi connectivity index (χ0n) is 13.5. The first kappa shape index (κ1) is 15.8. The van der Waals surface area contributed by atoms with Crippen molar-refractivity contribution >= 4 is 11.9 Å². The summed E-state index contributed by atoms with van der Waals surface area (Å²) < 4.78 is 0. The Labute approximate surface area is 140 Å². The first-order valence-corrected chi connectivity index (χ1v) is 7.65. The van der Waals surface area contributed by atoms with Crippen LogP contribution in [0.15, 0.2) is 48.5 Å². The molecule has 0 unspecified atom stereocenters. The van der Waals surface area contributed by atoms with Gasteiger partial charge >= 0.3 is 6.03 Å². The maximum atomic E-state index is 13.1. The minimum Gasteiger partial charge on any atom is -0.315 e. The zero-order valence-corrected chi connectivity index (χ0v) is 13.5. The largest absolute Gasteiger partial charge is 0.326 e. The minimum atomic E-state index is -1.30. The summed E-state index contributed by atoms with van der Waals surface area (Å²) in [5.41, 5.74) is 2.20. The molecule has 1 atom stereocenters. The highest BCUT2D eigenvalue weighted by Crippen LogP contribution is 2.36. The number of rotatable bonds is 3. The molecule has 0 radical (unpaired) electrons. The normalized spacial score (nSPS) is 20.0. The van der Waals surface area contributed by atoms with Crippen LogP contribution in [0.5, 0.6) is 0 Å². The molecule has 1 saturated heterocycles. The van der Waals surface area contributed by atoms with E-state index in [0.717, 1.165) is 16.0 Å². The van der Waals surface area contributed by atoms with Crippen molar-refractivity contribution in [3.8, 4) is 6.07 Å². The Kier molecular flexibility index (Phi) is 3.82. The second-order valence-electron chi connectivity index (χ2n) is 5.89. The van der Waals surface area contributed by atoms with Crippen LogP contribution in [0, 0.1) is 25.2 Å². The van der Waals surface area contributed by atoms with E-state index in [-0.39, 0.29) is 6.54 Å². The predicted molar refractivity (Wildman–Crippen MR) is 89.0 cm³/mol. The number of carbonyl (C=O) groups is 2. The third-order valence-corrected chi connectivity index (χ3v) is 4.48. The van der Waals surface area contributed by atoms with Gasteiger partial charge in [0, 0.05) is 0 Å². The van der Waals surface area contributed by atoms with Crippen LogP contribution >= 0.6 is 0 Å². The van der Waals surface area contributed by atoms with E-state index in [2.05, 4.69) is 5.32 Å². The van der Waals surface area contributed by atoms with E-state index in [0.29, 0.717) is 11.1 Å². The summed E-state index contributed by atoms with van der Waals surface area (Å²) in [5.74, 6) is -0.427. The van der Waals surface area contributed by atoms with E-state index in [1.165, 1.54) is 0 Å². The molecule has 1 fully saturated rings. The van der Waals surface area contributed by atoms with Gasteiger partial charge in [-0.15, -0.1) is 0 Å². The Bertz CT molecular complexity index is 855. The number of hydrogen-bond donors (Lipinski definition) is 1. The van der Waals surface area contributed by atoms with Crippen LogP contribution in [0.3, 0.4) is 0 Å². The van der Waals surface area contributed by atoms with Crippen molar-refractivity contribution in [3.63, 3.8) is 0 Å². The maximum absolute atomic E-state index is 13.1. The van der Waals surface area contributed by atoms with Crippen molar-refractivity contribution in [1.29, 1.82) is 5.26 Å².